The highest BCUT2D eigenvalue weighted by atomic mass is 16.6. The Morgan fingerprint density at radius 2 is 1.78 bits per heavy atom. The van der Waals surface area contributed by atoms with E-state index in [0.717, 1.165) is 0 Å². The van der Waals surface area contributed by atoms with Crippen molar-refractivity contribution in [2.75, 3.05) is 33.5 Å². The molecule has 6 heteroatoms. The molecule has 0 rings (SSSR count). The van der Waals surface area contributed by atoms with Gasteiger partial charge in [0.25, 0.3) is 0 Å². The lowest BCUT2D eigenvalue weighted by atomic mass is 10.2. The summed E-state index contributed by atoms with van der Waals surface area (Å²) in [6.07, 6.45) is -0.933. The molecule has 0 saturated heterocycles. The summed E-state index contributed by atoms with van der Waals surface area (Å²) in [5, 5.41) is 0. The van der Waals surface area contributed by atoms with Crippen molar-refractivity contribution in [2.45, 2.75) is 26.9 Å². The van der Waals surface area contributed by atoms with Gasteiger partial charge in [-0.3, -0.25) is 0 Å². The average molecular weight is 262 g/mol. The number of ether oxygens (including phenoxy) is 4. The number of carbonyl (C=O) groups is 2. The van der Waals surface area contributed by atoms with Crippen LogP contribution in [0.5, 0.6) is 0 Å². The molecule has 0 fully saturated rings. The first-order valence-corrected chi connectivity index (χ1v) is 5.90. The van der Waals surface area contributed by atoms with Crippen LogP contribution in [-0.2, 0) is 28.5 Å². The number of rotatable bonds is 9. The topological polar surface area (TPSA) is 71.1 Å². The van der Waals surface area contributed by atoms with E-state index in [4.69, 9.17) is 14.2 Å². The van der Waals surface area contributed by atoms with E-state index in [1.165, 1.54) is 14.0 Å². The Hall–Kier alpha value is -1.14. The van der Waals surface area contributed by atoms with E-state index in [1.54, 1.807) is 0 Å². The van der Waals surface area contributed by atoms with Crippen LogP contribution in [0, 0.1) is 5.92 Å². The molecule has 0 heterocycles. The minimum absolute atomic E-state index is 0.151. The van der Waals surface area contributed by atoms with Gasteiger partial charge in [0.2, 0.25) is 0 Å². The van der Waals surface area contributed by atoms with Gasteiger partial charge in [-0.1, -0.05) is 13.8 Å². The summed E-state index contributed by atoms with van der Waals surface area (Å²) < 4.78 is 19.5. The first-order valence-electron chi connectivity index (χ1n) is 5.90. The molecule has 1 atom stereocenters. The maximum atomic E-state index is 11.4. The Morgan fingerprint density at radius 3 is 2.33 bits per heavy atom. The molecule has 0 aliphatic carbocycles. The molecule has 0 saturated carbocycles. The lowest BCUT2D eigenvalue weighted by Gasteiger charge is -2.12. The summed E-state index contributed by atoms with van der Waals surface area (Å²) in [6.45, 7) is 6.43. The van der Waals surface area contributed by atoms with Crippen molar-refractivity contribution >= 4 is 11.9 Å². The van der Waals surface area contributed by atoms with E-state index in [9.17, 15) is 9.59 Å². The monoisotopic (exact) mass is 262 g/mol. The van der Waals surface area contributed by atoms with Gasteiger partial charge in [-0.05, 0) is 12.8 Å². The lowest BCUT2D eigenvalue weighted by Crippen LogP contribution is -2.28. The molecule has 18 heavy (non-hydrogen) atoms. The SMILES string of the molecule is COCC(=O)OC(C)C(=O)OCCOCC(C)C. The Morgan fingerprint density at radius 1 is 1.11 bits per heavy atom. The zero-order valence-corrected chi connectivity index (χ0v) is 11.4. The van der Waals surface area contributed by atoms with E-state index in [0.29, 0.717) is 19.1 Å². The number of methoxy groups -OCH3 is 1. The fourth-order valence-corrected chi connectivity index (χ4v) is 1.03. The van der Waals surface area contributed by atoms with E-state index in [-0.39, 0.29) is 13.2 Å². The van der Waals surface area contributed by atoms with Gasteiger partial charge >= 0.3 is 11.9 Å². The third-order valence-electron chi connectivity index (χ3n) is 1.83. The first kappa shape index (κ1) is 16.9. The summed E-state index contributed by atoms with van der Waals surface area (Å²) in [7, 11) is 1.37. The highest BCUT2D eigenvalue weighted by Crippen LogP contribution is 1.97. The van der Waals surface area contributed by atoms with E-state index >= 15 is 0 Å². The predicted octanol–water partition coefficient (Wildman–Crippen LogP) is 0.780. The average Bonchev–Trinajstić information content (AvgIpc) is 2.28. The molecule has 0 aromatic carbocycles. The van der Waals surface area contributed by atoms with Crippen LogP contribution in [0.4, 0.5) is 0 Å². The van der Waals surface area contributed by atoms with Crippen LogP contribution in [0.2, 0.25) is 0 Å². The maximum Gasteiger partial charge on any atom is 0.347 e. The van der Waals surface area contributed by atoms with Crippen LogP contribution in [0.3, 0.4) is 0 Å². The van der Waals surface area contributed by atoms with Crippen molar-refractivity contribution in [1.29, 1.82) is 0 Å². The molecule has 0 radical (unpaired) electrons. The van der Waals surface area contributed by atoms with Crippen LogP contribution >= 0.6 is 0 Å². The summed E-state index contributed by atoms with van der Waals surface area (Å²) in [6, 6.07) is 0. The smallest absolute Gasteiger partial charge is 0.347 e. The fourth-order valence-electron chi connectivity index (χ4n) is 1.03. The van der Waals surface area contributed by atoms with Gasteiger partial charge in [0.05, 0.1) is 6.61 Å². The Bertz CT molecular complexity index is 251. The van der Waals surface area contributed by atoms with Crippen LogP contribution in [0.25, 0.3) is 0 Å². The van der Waals surface area contributed by atoms with Gasteiger partial charge in [-0.2, -0.15) is 0 Å². The first-order chi connectivity index (χ1) is 8.47. The number of carbonyl (C=O) groups excluding carboxylic acids is 2. The zero-order valence-electron chi connectivity index (χ0n) is 11.4. The molecule has 0 aliphatic heterocycles. The molecule has 1 unspecified atom stereocenters. The lowest BCUT2D eigenvalue weighted by molar-refractivity contribution is -0.169. The molecule has 0 aromatic heterocycles. The van der Waals surface area contributed by atoms with Crippen molar-refractivity contribution < 1.29 is 28.5 Å². The molecule has 0 spiro atoms. The minimum Gasteiger partial charge on any atom is -0.461 e. The normalized spacial score (nSPS) is 12.3. The minimum atomic E-state index is -0.933. The standard InChI is InChI=1S/C12H22O6/c1-9(2)7-16-5-6-17-12(14)10(3)18-11(13)8-15-4/h9-10H,5-8H2,1-4H3. The maximum absolute atomic E-state index is 11.4. The van der Waals surface area contributed by atoms with Crippen molar-refractivity contribution in [3.8, 4) is 0 Å². The predicted molar refractivity (Wildman–Crippen MR) is 64.0 cm³/mol. The highest BCUT2D eigenvalue weighted by Gasteiger charge is 2.18. The summed E-state index contributed by atoms with van der Waals surface area (Å²) in [5.74, 6) is -0.750. The van der Waals surface area contributed by atoms with Gasteiger partial charge in [0, 0.05) is 13.7 Å². The Labute approximate surface area is 108 Å². The van der Waals surface area contributed by atoms with E-state index in [1.807, 2.05) is 13.8 Å². The number of hydrogen-bond donors (Lipinski definition) is 0. The molecule has 0 aliphatic rings. The van der Waals surface area contributed by atoms with Gasteiger partial charge in [-0.15, -0.1) is 0 Å². The quantitative estimate of drug-likeness (QED) is 0.452. The molecular weight excluding hydrogens is 240 g/mol. The third-order valence-corrected chi connectivity index (χ3v) is 1.83. The highest BCUT2D eigenvalue weighted by molar-refractivity contribution is 5.79. The summed E-state index contributed by atoms with van der Waals surface area (Å²) in [5.41, 5.74) is 0. The van der Waals surface area contributed by atoms with Crippen molar-refractivity contribution in [3.63, 3.8) is 0 Å². The second-order valence-electron chi connectivity index (χ2n) is 4.20. The Balaban J connectivity index is 3.65. The fraction of sp³-hybridized carbons (Fsp3) is 0.833. The largest absolute Gasteiger partial charge is 0.461 e. The Kier molecular flexibility index (Phi) is 9.22. The van der Waals surface area contributed by atoms with Crippen LogP contribution in [-0.4, -0.2) is 51.6 Å². The van der Waals surface area contributed by atoms with Gasteiger partial charge in [0.1, 0.15) is 13.2 Å². The molecule has 0 bridgehead atoms. The number of hydrogen-bond acceptors (Lipinski definition) is 6. The van der Waals surface area contributed by atoms with E-state index < -0.39 is 18.0 Å². The molecule has 0 aromatic rings. The second-order valence-corrected chi connectivity index (χ2v) is 4.20. The molecular formula is C12H22O6. The summed E-state index contributed by atoms with van der Waals surface area (Å²) >= 11 is 0. The van der Waals surface area contributed by atoms with Crippen LogP contribution in [0.1, 0.15) is 20.8 Å². The van der Waals surface area contributed by atoms with Gasteiger partial charge in [0.15, 0.2) is 6.10 Å². The van der Waals surface area contributed by atoms with Crippen molar-refractivity contribution in [1.82, 2.24) is 0 Å². The molecule has 6 nitrogen and oxygen atoms in total. The molecule has 106 valence electrons. The van der Waals surface area contributed by atoms with Gasteiger partial charge in [-0.25, -0.2) is 9.59 Å². The van der Waals surface area contributed by atoms with Crippen LogP contribution in [0.15, 0.2) is 0 Å². The number of esters is 2. The van der Waals surface area contributed by atoms with Crippen molar-refractivity contribution in [2.24, 2.45) is 5.92 Å². The third kappa shape index (κ3) is 8.95. The zero-order chi connectivity index (χ0) is 14.0. The van der Waals surface area contributed by atoms with Crippen molar-refractivity contribution in [3.05, 3.63) is 0 Å². The van der Waals surface area contributed by atoms with E-state index in [2.05, 4.69) is 4.74 Å². The summed E-state index contributed by atoms with van der Waals surface area (Å²) in [4.78, 5) is 22.4. The molecule has 0 N–H and O–H groups in total. The molecule has 0 amide bonds. The second kappa shape index (κ2) is 9.85. The van der Waals surface area contributed by atoms with Crippen LogP contribution < -0.4 is 0 Å². The van der Waals surface area contributed by atoms with Gasteiger partial charge < -0.3 is 18.9 Å².